The van der Waals surface area contributed by atoms with Crippen LogP contribution in [-0.2, 0) is 9.47 Å². The maximum atomic E-state index is 11.5. The zero-order valence-corrected chi connectivity index (χ0v) is 9.79. The van der Waals surface area contributed by atoms with E-state index in [1.807, 2.05) is 6.92 Å². The Balaban J connectivity index is 2.50. The number of nitrogens with two attached hydrogens (primary N) is 1. The van der Waals surface area contributed by atoms with Crippen molar-refractivity contribution >= 4 is 23.3 Å². The molecule has 1 aromatic carbocycles. The van der Waals surface area contributed by atoms with Gasteiger partial charge in [0.25, 0.3) is 0 Å². The molecule has 0 aliphatic rings. The van der Waals surface area contributed by atoms with Gasteiger partial charge in [-0.15, -0.1) is 0 Å². The first-order valence-electron chi connectivity index (χ1n) is 4.95. The zero-order valence-electron chi connectivity index (χ0n) is 9.03. The second kappa shape index (κ2) is 6.35. The summed E-state index contributed by atoms with van der Waals surface area (Å²) in [6.45, 7) is 3.10. The number of nitrogen functional groups attached to an aromatic ring is 1. The molecule has 1 aromatic rings. The number of hydrogen-bond acceptors (Lipinski definition) is 4. The van der Waals surface area contributed by atoms with Gasteiger partial charge in [0.05, 0.1) is 22.9 Å². The van der Waals surface area contributed by atoms with E-state index in [0.717, 1.165) is 0 Å². The van der Waals surface area contributed by atoms with Gasteiger partial charge in [0.2, 0.25) is 0 Å². The number of anilines is 1. The average Bonchev–Trinajstić information content (AvgIpc) is 2.28. The number of esters is 1. The predicted molar refractivity (Wildman–Crippen MR) is 62.6 cm³/mol. The number of hydrogen-bond donors (Lipinski definition) is 1. The highest BCUT2D eigenvalue weighted by Gasteiger charge is 2.08. The van der Waals surface area contributed by atoms with E-state index in [1.54, 1.807) is 12.1 Å². The molecule has 0 amide bonds. The summed E-state index contributed by atoms with van der Waals surface area (Å²) in [5.41, 5.74) is 6.32. The van der Waals surface area contributed by atoms with Crippen molar-refractivity contribution in [3.8, 4) is 0 Å². The van der Waals surface area contributed by atoms with E-state index in [2.05, 4.69) is 0 Å². The molecular weight excluding hydrogens is 230 g/mol. The van der Waals surface area contributed by atoms with Crippen LogP contribution in [0.4, 0.5) is 5.69 Å². The maximum absolute atomic E-state index is 11.5. The van der Waals surface area contributed by atoms with E-state index in [0.29, 0.717) is 29.5 Å². The van der Waals surface area contributed by atoms with Crippen molar-refractivity contribution in [2.75, 3.05) is 25.6 Å². The van der Waals surface area contributed by atoms with E-state index in [1.165, 1.54) is 6.07 Å². The van der Waals surface area contributed by atoms with Crippen molar-refractivity contribution in [1.29, 1.82) is 0 Å². The van der Waals surface area contributed by atoms with E-state index in [-0.39, 0.29) is 6.61 Å². The van der Waals surface area contributed by atoms with Gasteiger partial charge >= 0.3 is 5.97 Å². The van der Waals surface area contributed by atoms with Crippen LogP contribution in [0.3, 0.4) is 0 Å². The molecule has 16 heavy (non-hydrogen) atoms. The standard InChI is InChI=1S/C11H14ClNO3/c1-2-15-5-6-16-11(14)8-3-4-9(12)10(13)7-8/h3-4,7H,2,5-6,13H2,1H3. The van der Waals surface area contributed by atoms with Crippen LogP contribution in [-0.4, -0.2) is 25.8 Å². The third-order valence-electron chi connectivity index (χ3n) is 1.90. The molecule has 0 aliphatic carbocycles. The molecule has 0 spiro atoms. The van der Waals surface area contributed by atoms with Gasteiger partial charge in [-0.2, -0.15) is 0 Å². The fraction of sp³-hybridized carbons (Fsp3) is 0.364. The second-order valence-electron chi connectivity index (χ2n) is 3.07. The summed E-state index contributed by atoms with van der Waals surface area (Å²) >= 11 is 5.73. The molecule has 1 rings (SSSR count). The minimum atomic E-state index is -0.428. The monoisotopic (exact) mass is 243 g/mol. The Morgan fingerprint density at radius 3 is 2.81 bits per heavy atom. The Kier molecular flexibility index (Phi) is 5.08. The van der Waals surface area contributed by atoms with E-state index in [9.17, 15) is 4.79 Å². The summed E-state index contributed by atoms with van der Waals surface area (Å²) in [4.78, 5) is 11.5. The highest BCUT2D eigenvalue weighted by atomic mass is 35.5. The van der Waals surface area contributed by atoms with Gasteiger partial charge in [-0.05, 0) is 25.1 Å². The lowest BCUT2D eigenvalue weighted by Crippen LogP contribution is -2.11. The highest BCUT2D eigenvalue weighted by Crippen LogP contribution is 2.19. The van der Waals surface area contributed by atoms with Crippen LogP contribution >= 0.6 is 11.6 Å². The van der Waals surface area contributed by atoms with Crippen molar-refractivity contribution < 1.29 is 14.3 Å². The Morgan fingerprint density at radius 2 is 2.19 bits per heavy atom. The number of carbonyl (C=O) groups excluding carboxylic acids is 1. The third-order valence-corrected chi connectivity index (χ3v) is 2.24. The summed E-state index contributed by atoms with van der Waals surface area (Å²) in [7, 11) is 0. The van der Waals surface area contributed by atoms with Crippen molar-refractivity contribution in [2.24, 2.45) is 0 Å². The smallest absolute Gasteiger partial charge is 0.338 e. The van der Waals surface area contributed by atoms with Gasteiger partial charge in [0, 0.05) is 6.61 Å². The highest BCUT2D eigenvalue weighted by molar-refractivity contribution is 6.33. The summed E-state index contributed by atoms with van der Waals surface area (Å²) in [5, 5.41) is 0.422. The number of ether oxygens (including phenoxy) is 2. The van der Waals surface area contributed by atoms with Crippen LogP contribution in [0.25, 0.3) is 0 Å². The molecule has 88 valence electrons. The molecule has 0 aliphatic heterocycles. The fourth-order valence-electron chi connectivity index (χ4n) is 1.09. The van der Waals surface area contributed by atoms with Crippen molar-refractivity contribution in [3.63, 3.8) is 0 Å². The lowest BCUT2D eigenvalue weighted by Gasteiger charge is -2.06. The molecule has 0 radical (unpaired) electrons. The summed E-state index contributed by atoms with van der Waals surface area (Å²) in [5.74, 6) is -0.428. The SMILES string of the molecule is CCOCCOC(=O)c1ccc(Cl)c(N)c1. The van der Waals surface area contributed by atoms with E-state index < -0.39 is 5.97 Å². The van der Waals surface area contributed by atoms with Crippen LogP contribution in [0.2, 0.25) is 5.02 Å². The first kappa shape index (κ1) is 12.8. The second-order valence-corrected chi connectivity index (χ2v) is 3.48. The predicted octanol–water partition coefficient (Wildman–Crippen LogP) is 2.12. The number of benzene rings is 1. The molecule has 0 unspecified atom stereocenters. The zero-order chi connectivity index (χ0) is 12.0. The third kappa shape index (κ3) is 3.72. The van der Waals surface area contributed by atoms with Crippen LogP contribution < -0.4 is 5.73 Å². The van der Waals surface area contributed by atoms with Gasteiger partial charge in [0.1, 0.15) is 6.61 Å². The first-order valence-corrected chi connectivity index (χ1v) is 5.33. The first-order chi connectivity index (χ1) is 7.65. The van der Waals surface area contributed by atoms with Gasteiger partial charge in [0.15, 0.2) is 0 Å². The Morgan fingerprint density at radius 1 is 1.44 bits per heavy atom. The summed E-state index contributed by atoms with van der Waals surface area (Å²) in [6, 6.07) is 4.63. The molecule has 0 bridgehead atoms. The van der Waals surface area contributed by atoms with Crippen LogP contribution in [0.5, 0.6) is 0 Å². The maximum Gasteiger partial charge on any atom is 0.338 e. The topological polar surface area (TPSA) is 61.5 Å². The Bertz CT molecular complexity index is 368. The van der Waals surface area contributed by atoms with Crippen LogP contribution in [0, 0.1) is 0 Å². The van der Waals surface area contributed by atoms with E-state index >= 15 is 0 Å². The molecule has 5 heteroatoms. The van der Waals surface area contributed by atoms with Crippen LogP contribution in [0.1, 0.15) is 17.3 Å². The Hall–Kier alpha value is -1.26. The quantitative estimate of drug-likeness (QED) is 0.489. The van der Waals surface area contributed by atoms with Gasteiger partial charge in [-0.25, -0.2) is 4.79 Å². The van der Waals surface area contributed by atoms with E-state index in [4.69, 9.17) is 26.8 Å². The fourth-order valence-corrected chi connectivity index (χ4v) is 1.21. The molecular formula is C11H14ClNO3. The van der Waals surface area contributed by atoms with Crippen LogP contribution in [0.15, 0.2) is 18.2 Å². The molecule has 4 nitrogen and oxygen atoms in total. The summed E-state index contributed by atoms with van der Waals surface area (Å²) in [6.07, 6.45) is 0. The van der Waals surface area contributed by atoms with Crippen molar-refractivity contribution in [3.05, 3.63) is 28.8 Å². The molecule has 0 atom stereocenters. The van der Waals surface area contributed by atoms with Crippen molar-refractivity contribution in [2.45, 2.75) is 6.92 Å². The van der Waals surface area contributed by atoms with Gasteiger partial charge < -0.3 is 15.2 Å². The van der Waals surface area contributed by atoms with Gasteiger partial charge in [-0.3, -0.25) is 0 Å². The number of rotatable bonds is 5. The summed E-state index contributed by atoms with van der Waals surface area (Å²) < 4.78 is 10.0. The lowest BCUT2D eigenvalue weighted by atomic mass is 10.2. The number of halogens is 1. The number of carbonyl (C=O) groups is 1. The normalized spacial score (nSPS) is 10.1. The lowest BCUT2D eigenvalue weighted by molar-refractivity contribution is 0.0335. The molecule has 0 saturated heterocycles. The molecule has 2 N–H and O–H groups in total. The minimum absolute atomic E-state index is 0.231. The Labute approximate surface area is 99.3 Å². The largest absolute Gasteiger partial charge is 0.460 e. The molecule has 0 aromatic heterocycles. The van der Waals surface area contributed by atoms with Crippen molar-refractivity contribution in [1.82, 2.24) is 0 Å². The average molecular weight is 244 g/mol. The van der Waals surface area contributed by atoms with Gasteiger partial charge in [-0.1, -0.05) is 11.6 Å². The minimum Gasteiger partial charge on any atom is -0.460 e. The molecule has 0 saturated carbocycles. The molecule has 0 heterocycles. The molecule has 0 fully saturated rings.